The molecule has 0 aromatic heterocycles. The fourth-order valence-corrected chi connectivity index (χ4v) is 3.85. The minimum absolute atomic E-state index is 0.0538. The molecule has 118 valence electrons. The van der Waals surface area contributed by atoms with Gasteiger partial charge in [0.05, 0.1) is 12.5 Å². The Morgan fingerprint density at radius 2 is 1.95 bits per heavy atom. The lowest BCUT2D eigenvalue weighted by atomic mass is 10.2. The van der Waals surface area contributed by atoms with Gasteiger partial charge in [0, 0.05) is 32.7 Å². The summed E-state index contributed by atoms with van der Waals surface area (Å²) < 4.78 is 27.1. The van der Waals surface area contributed by atoms with Gasteiger partial charge in [0.2, 0.25) is 0 Å². The highest BCUT2D eigenvalue weighted by atomic mass is 32.2. The number of aliphatic carboxylic acids is 1. The summed E-state index contributed by atoms with van der Waals surface area (Å²) in [7, 11) is 1.29. The molecule has 8 nitrogen and oxygen atoms in total. The van der Waals surface area contributed by atoms with Gasteiger partial charge in [0.1, 0.15) is 0 Å². The van der Waals surface area contributed by atoms with Gasteiger partial charge in [-0.2, -0.15) is 17.0 Å². The molecule has 0 amide bonds. The Labute approximate surface area is 119 Å². The molecule has 9 heteroatoms. The van der Waals surface area contributed by atoms with Crippen LogP contribution in [0.1, 0.15) is 12.8 Å². The normalized spacial score (nSPS) is 24.7. The summed E-state index contributed by atoms with van der Waals surface area (Å²) >= 11 is 0. The zero-order valence-electron chi connectivity index (χ0n) is 12.1. The molecule has 1 aliphatic rings. The van der Waals surface area contributed by atoms with Gasteiger partial charge < -0.3 is 15.1 Å². The number of nitrogens with zero attached hydrogens (tertiary/aromatic N) is 3. The molecule has 2 N–H and O–H groups in total. The van der Waals surface area contributed by atoms with Crippen LogP contribution in [-0.2, 0) is 15.0 Å². The number of rotatable bonds is 7. The largest absolute Gasteiger partial charge is 0.481 e. The van der Waals surface area contributed by atoms with Crippen LogP contribution in [0.25, 0.3) is 0 Å². The minimum Gasteiger partial charge on any atom is -0.481 e. The van der Waals surface area contributed by atoms with Crippen LogP contribution >= 0.6 is 0 Å². The van der Waals surface area contributed by atoms with E-state index >= 15 is 0 Å². The Morgan fingerprint density at radius 1 is 1.35 bits per heavy atom. The molecule has 0 aromatic rings. The molecule has 20 heavy (non-hydrogen) atoms. The Hall–Kier alpha value is -0.740. The summed E-state index contributed by atoms with van der Waals surface area (Å²) in [6, 6.07) is -0.294. The lowest BCUT2D eigenvalue weighted by molar-refractivity contribution is -0.137. The van der Waals surface area contributed by atoms with Gasteiger partial charge in [0.15, 0.2) is 0 Å². The maximum absolute atomic E-state index is 12.4. The summed E-state index contributed by atoms with van der Waals surface area (Å²) in [4.78, 5) is 12.4. The molecule has 2 atom stereocenters. The first-order valence-corrected chi connectivity index (χ1v) is 7.82. The van der Waals surface area contributed by atoms with Crippen molar-refractivity contribution in [3.05, 3.63) is 0 Å². The number of carboxylic acid groups (broad SMARTS) is 1. The molecule has 0 saturated carbocycles. The van der Waals surface area contributed by atoms with Crippen LogP contribution in [0.4, 0.5) is 0 Å². The third-order valence-corrected chi connectivity index (χ3v) is 5.26. The number of likely N-dealkylation sites (N-methyl/N-ethyl adjacent to an activating group) is 1. The number of carbonyl (C=O) groups is 1. The van der Waals surface area contributed by atoms with Crippen molar-refractivity contribution in [1.29, 1.82) is 0 Å². The van der Waals surface area contributed by atoms with E-state index < -0.39 is 22.3 Å². The van der Waals surface area contributed by atoms with Gasteiger partial charge in [-0.25, -0.2) is 0 Å². The molecule has 0 aromatic carbocycles. The molecule has 1 saturated heterocycles. The highest BCUT2D eigenvalue weighted by Gasteiger charge is 2.40. The zero-order chi connectivity index (χ0) is 15.5. The summed E-state index contributed by atoms with van der Waals surface area (Å²) in [6.45, 7) is 0.486. The maximum Gasteiger partial charge on any atom is 0.304 e. The van der Waals surface area contributed by atoms with E-state index in [4.69, 9.17) is 5.11 Å². The zero-order valence-corrected chi connectivity index (χ0v) is 12.9. The number of β-amino-alcohol motifs (C(OH)–C–C–N with tert-alkyl or cyclic N) is 1. The predicted octanol–water partition coefficient (Wildman–Crippen LogP) is -1.37. The molecule has 1 fully saturated rings. The summed E-state index contributed by atoms with van der Waals surface area (Å²) in [5.74, 6) is -1.04. The molecule has 0 aliphatic carbocycles. The molecule has 1 heterocycles. The second-order valence-electron chi connectivity index (χ2n) is 5.35. The van der Waals surface area contributed by atoms with Crippen LogP contribution in [0, 0.1) is 0 Å². The standard InChI is InChI=1S/C11H23N3O5S/c1-12(2)7-9-6-10(15)8-14(9)20(18,19)13(3)5-4-11(16)17/h9-10,15H,4-8H2,1-3H3,(H,16,17). The van der Waals surface area contributed by atoms with Crippen molar-refractivity contribution in [1.82, 2.24) is 13.5 Å². The van der Waals surface area contributed by atoms with E-state index in [1.807, 2.05) is 19.0 Å². The smallest absolute Gasteiger partial charge is 0.304 e. The van der Waals surface area contributed by atoms with Gasteiger partial charge in [-0.1, -0.05) is 0 Å². The number of carboxylic acids is 1. The highest BCUT2D eigenvalue weighted by molar-refractivity contribution is 7.86. The molecule has 0 radical (unpaired) electrons. The molecule has 0 bridgehead atoms. The lowest BCUT2D eigenvalue weighted by Gasteiger charge is -2.29. The second-order valence-corrected chi connectivity index (χ2v) is 7.34. The molecular formula is C11H23N3O5S. The van der Waals surface area contributed by atoms with E-state index in [0.717, 1.165) is 4.31 Å². The SMILES string of the molecule is CN(C)CC1CC(O)CN1S(=O)(=O)N(C)CCC(=O)O. The number of hydrogen-bond acceptors (Lipinski definition) is 5. The van der Waals surface area contributed by atoms with Crippen molar-refractivity contribution in [2.24, 2.45) is 0 Å². The molecule has 2 unspecified atom stereocenters. The maximum atomic E-state index is 12.4. The Balaban J connectivity index is 2.80. The van der Waals surface area contributed by atoms with Crippen LogP contribution in [0.2, 0.25) is 0 Å². The summed E-state index contributed by atoms with van der Waals surface area (Å²) in [5.41, 5.74) is 0. The van der Waals surface area contributed by atoms with Crippen molar-refractivity contribution < 1.29 is 23.4 Å². The number of hydrogen-bond donors (Lipinski definition) is 2. The van der Waals surface area contributed by atoms with Crippen LogP contribution in [0.5, 0.6) is 0 Å². The first-order chi connectivity index (χ1) is 9.14. The molecule has 0 spiro atoms. The first-order valence-electron chi connectivity index (χ1n) is 6.42. The number of aliphatic hydroxyl groups is 1. The quantitative estimate of drug-likeness (QED) is 0.602. The Bertz CT molecular complexity index is 439. The fraction of sp³-hybridized carbons (Fsp3) is 0.909. The third-order valence-electron chi connectivity index (χ3n) is 3.25. The first kappa shape index (κ1) is 17.3. The van der Waals surface area contributed by atoms with Gasteiger partial charge >= 0.3 is 5.97 Å². The lowest BCUT2D eigenvalue weighted by Crippen LogP contribution is -2.47. The molecular weight excluding hydrogens is 286 g/mol. The van der Waals surface area contributed by atoms with Gasteiger partial charge in [-0.15, -0.1) is 0 Å². The van der Waals surface area contributed by atoms with Crippen molar-refractivity contribution in [3.8, 4) is 0 Å². The van der Waals surface area contributed by atoms with Crippen LogP contribution in [0.3, 0.4) is 0 Å². The fourth-order valence-electron chi connectivity index (χ4n) is 2.28. The van der Waals surface area contributed by atoms with Gasteiger partial charge in [0.25, 0.3) is 10.2 Å². The average molecular weight is 309 g/mol. The van der Waals surface area contributed by atoms with Crippen LogP contribution in [-0.4, -0.2) is 91.0 Å². The highest BCUT2D eigenvalue weighted by Crippen LogP contribution is 2.23. The monoisotopic (exact) mass is 309 g/mol. The minimum atomic E-state index is -3.75. The van der Waals surface area contributed by atoms with E-state index in [-0.39, 0.29) is 25.6 Å². The van der Waals surface area contributed by atoms with Gasteiger partial charge in [-0.3, -0.25) is 4.79 Å². The van der Waals surface area contributed by atoms with E-state index in [1.165, 1.54) is 11.4 Å². The second kappa shape index (κ2) is 6.81. The Morgan fingerprint density at radius 3 is 2.45 bits per heavy atom. The summed E-state index contributed by atoms with van der Waals surface area (Å²) in [6.07, 6.45) is -0.531. The van der Waals surface area contributed by atoms with Crippen molar-refractivity contribution >= 4 is 16.2 Å². The molecule has 1 aliphatic heterocycles. The van der Waals surface area contributed by atoms with E-state index in [1.54, 1.807) is 0 Å². The summed E-state index contributed by atoms with van der Waals surface area (Å²) in [5, 5.41) is 18.3. The predicted molar refractivity (Wildman–Crippen MR) is 73.5 cm³/mol. The van der Waals surface area contributed by atoms with E-state index in [2.05, 4.69) is 0 Å². The van der Waals surface area contributed by atoms with E-state index in [9.17, 15) is 18.3 Å². The van der Waals surface area contributed by atoms with Crippen molar-refractivity contribution in [2.45, 2.75) is 25.0 Å². The van der Waals surface area contributed by atoms with Crippen molar-refractivity contribution in [2.75, 3.05) is 40.8 Å². The van der Waals surface area contributed by atoms with Gasteiger partial charge in [-0.05, 0) is 20.5 Å². The van der Waals surface area contributed by atoms with Crippen LogP contribution in [0.15, 0.2) is 0 Å². The topological polar surface area (TPSA) is 101 Å². The molecule has 1 rings (SSSR count). The van der Waals surface area contributed by atoms with Crippen molar-refractivity contribution in [3.63, 3.8) is 0 Å². The number of aliphatic hydroxyl groups excluding tert-OH is 1. The van der Waals surface area contributed by atoms with E-state index in [0.29, 0.717) is 13.0 Å². The van der Waals surface area contributed by atoms with Crippen LogP contribution < -0.4 is 0 Å². The average Bonchev–Trinajstić information content (AvgIpc) is 2.66. The third kappa shape index (κ3) is 4.38. The Kier molecular flexibility index (Phi) is 5.90.